The minimum absolute atomic E-state index is 0.0214. The fourth-order valence-corrected chi connectivity index (χ4v) is 2.17. The molecule has 5 nitrogen and oxygen atoms in total. The molecule has 1 aromatic carbocycles. The maximum atomic E-state index is 12.1. The molecule has 0 radical (unpaired) electrons. The SMILES string of the molecule is CC(C(=O)NCc1ccccc1OCCO)C1CNC1. The van der Waals surface area contributed by atoms with Crippen LogP contribution < -0.4 is 15.4 Å². The predicted molar refractivity (Wildman–Crippen MR) is 76.4 cm³/mol. The third-order valence-corrected chi connectivity index (χ3v) is 3.71. The summed E-state index contributed by atoms with van der Waals surface area (Å²) in [6.07, 6.45) is 0. The van der Waals surface area contributed by atoms with Crippen molar-refractivity contribution in [2.45, 2.75) is 13.5 Å². The van der Waals surface area contributed by atoms with Gasteiger partial charge in [0.2, 0.25) is 5.91 Å². The monoisotopic (exact) mass is 278 g/mol. The van der Waals surface area contributed by atoms with Crippen molar-refractivity contribution in [3.05, 3.63) is 29.8 Å². The molecular weight excluding hydrogens is 256 g/mol. The van der Waals surface area contributed by atoms with E-state index in [1.807, 2.05) is 31.2 Å². The number of rotatable bonds is 7. The maximum absolute atomic E-state index is 12.1. The van der Waals surface area contributed by atoms with Crippen LogP contribution in [0.5, 0.6) is 5.75 Å². The Labute approximate surface area is 119 Å². The molecule has 1 aliphatic rings. The lowest BCUT2D eigenvalue weighted by atomic mass is 9.88. The van der Waals surface area contributed by atoms with Crippen LogP contribution in [0.3, 0.4) is 0 Å². The van der Waals surface area contributed by atoms with E-state index in [0.717, 1.165) is 18.7 Å². The Morgan fingerprint density at radius 1 is 1.50 bits per heavy atom. The number of benzene rings is 1. The topological polar surface area (TPSA) is 70.6 Å². The van der Waals surface area contributed by atoms with Crippen LogP contribution in [0.4, 0.5) is 0 Å². The van der Waals surface area contributed by atoms with Gasteiger partial charge in [-0.15, -0.1) is 0 Å². The van der Waals surface area contributed by atoms with Crippen molar-refractivity contribution in [1.29, 1.82) is 0 Å². The van der Waals surface area contributed by atoms with Crippen LogP contribution in [0.15, 0.2) is 24.3 Å². The van der Waals surface area contributed by atoms with Crippen molar-refractivity contribution < 1.29 is 14.6 Å². The molecule has 110 valence electrons. The minimum atomic E-state index is -0.0214. The summed E-state index contributed by atoms with van der Waals surface area (Å²) in [7, 11) is 0. The molecule has 0 aliphatic carbocycles. The summed E-state index contributed by atoms with van der Waals surface area (Å²) in [6.45, 7) is 4.50. The second-order valence-corrected chi connectivity index (χ2v) is 5.10. The summed E-state index contributed by atoms with van der Waals surface area (Å²) in [6, 6.07) is 7.55. The molecule has 1 aromatic rings. The first-order valence-corrected chi connectivity index (χ1v) is 7.02. The third-order valence-electron chi connectivity index (χ3n) is 3.71. The van der Waals surface area contributed by atoms with Crippen molar-refractivity contribution in [2.75, 3.05) is 26.3 Å². The van der Waals surface area contributed by atoms with Gasteiger partial charge in [0, 0.05) is 18.0 Å². The number of nitrogens with one attached hydrogen (secondary N) is 2. The van der Waals surface area contributed by atoms with E-state index in [4.69, 9.17) is 9.84 Å². The first-order chi connectivity index (χ1) is 9.72. The number of carbonyl (C=O) groups is 1. The average Bonchev–Trinajstić information content (AvgIpc) is 2.41. The van der Waals surface area contributed by atoms with Gasteiger partial charge in [0.25, 0.3) is 0 Å². The lowest BCUT2D eigenvalue weighted by molar-refractivity contribution is -0.126. The largest absolute Gasteiger partial charge is 0.491 e. The second kappa shape index (κ2) is 7.26. The van der Waals surface area contributed by atoms with Crippen molar-refractivity contribution in [1.82, 2.24) is 10.6 Å². The smallest absolute Gasteiger partial charge is 0.223 e. The van der Waals surface area contributed by atoms with Gasteiger partial charge in [-0.3, -0.25) is 4.79 Å². The second-order valence-electron chi connectivity index (χ2n) is 5.10. The van der Waals surface area contributed by atoms with E-state index in [1.54, 1.807) is 0 Å². The van der Waals surface area contributed by atoms with Crippen LogP contribution in [0.25, 0.3) is 0 Å². The lowest BCUT2D eigenvalue weighted by Crippen LogP contribution is -2.49. The molecule has 1 unspecified atom stereocenters. The summed E-state index contributed by atoms with van der Waals surface area (Å²) >= 11 is 0. The van der Waals surface area contributed by atoms with Gasteiger partial charge in [0.1, 0.15) is 12.4 Å². The number of hydrogen-bond acceptors (Lipinski definition) is 4. The van der Waals surface area contributed by atoms with E-state index >= 15 is 0 Å². The van der Waals surface area contributed by atoms with Crippen LogP contribution in [0.1, 0.15) is 12.5 Å². The van der Waals surface area contributed by atoms with Gasteiger partial charge in [0.15, 0.2) is 0 Å². The van der Waals surface area contributed by atoms with Crippen LogP contribution in [-0.4, -0.2) is 37.3 Å². The molecule has 3 N–H and O–H groups in total. The Morgan fingerprint density at radius 2 is 2.25 bits per heavy atom. The van der Waals surface area contributed by atoms with E-state index in [2.05, 4.69) is 10.6 Å². The van der Waals surface area contributed by atoms with Gasteiger partial charge in [-0.2, -0.15) is 0 Å². The average molecular weight is 278 g/mol. The first-order valence-electron chi connectivity index (χ1n) is 7.02. The highest BCUT2D eigenvalue weighted by Gasteiger charge is 2.28. The molecule has 2 rings (SSSR count). The highest BCUT2D eigenvalue weighted by atomic mass is 16.5. The van der Waals surface area contributed by atoms with Gasteiger partial charge in [0.05, 0.1) is 6.61 Å². The highest BCUT2D eigenvalue weighted by molar-refractivity contribution is 5.78. The molecule has 20 heavy (non-hydrogen) atoms. The molecular formula is C15H22N2O3. The zero-order valence-electron chi connectivity index (χ0n) is 11.8. The standard InChI is InChI=1S/C15H22N2O3/c1-11(13-8-16-9-13)15(19)17-10-12-4-2-3-5-14(12)20-7-6-18/h2-5,11,13,16,18H,6-10H2,1H3,(H,17,19). The van der Waals surface area contributed by atoms with E-state index < -0.39 is 0 Å². The van der Waals surface area contributed by atoms with E-state index in [-0.39, 0.29) is 25.0 Å². The zero-order chi connectivity index (χ0) is 14.4. The Bertz CT molecular complexity index is 446. The molecule has 1 fully saturated rings. The van der Waals surface area contributed by atoms with Crippen LogP contribution in [-0.2, 0) is 11.3 Å². The molecule has 1 atom stereocenters. The van der Waals surface area contributed by atoms with Crippen molar-refractivity contribution >= 4 is 5.91 Å². The van der Waals surface area contributed by atoms with Gasteiger partial charge >= 0.3 is 0 Å². The van der Waals surface area contributed by atoms with Gasteiger partial charge in [-0.05, 0) is 25.1 Å². The maximum Gasteiger partial charge on any atom is 0.223 e. The molecule has 0 aromatic heterocycles. The predicted octanol–water partition coefficient (Wildman–Crippen LogP) is 0.529. The summed E-state index contributed by atoms with van der Waals surface area (Å²) < 4.78 is 5.45. The van der Waals surface area contributed by atoms with Crippen LogP contribution in [0, 0.1) is 11.8 Å². The molecule has 1 heterocycles. The van der Waals surface area contributed by atoms with Gasteiger partial charge < -0.3 is 20.5 Å². The number of aliphatic hydroxyl groups excluding tert-OH is 1. The molecule has 5 heteroatoms. The number of ether oxygens (including phenoxy) is 1. The number of amides is 1. The third kappa shape index (κ3) is 3.71. The molecule has 1 amide bonds. The summed E-state index contributed by atoms with van der Waals surface area (Å²) in [5.41, 5.74) is 0.924. The first kappa shape index (κ1) is 14.8. The number of aliphatic hydroxyl groups is 1. The Balaban J connectivity index is 1.87. The molecule has 0 bridgehead atoms. The zero-order valence-corrected chi connectivity index (χ0v) is 11.8. The molecule has 1 aliphatic heterocycles. The molecule has 1 saturated heterocycles. The van der Waals surface area contributed by atoms with Gasteiger partial charge in [-0.25, -0.2) is 0 Å². The van der Waals surface area contributed by atoms with Crippen LogP contribution >= 0.6 is 0 Å². The fraction of sp³-hybridized carbons (Fsp3) is 0.533. The molecule has 0 saturated carbocycles. The van der Waals surface area contributed by atoms with E-state index in [1.165, 1.54) is 0 Å². The molecule has 0 spiro atoms. The summed E-state index contributed by atoms with van der Waals surface area (Å²) in [5, 5.41) is 14.9. The van der Waals surface area contributed by atoms with Crippen molar-refractivity contribution in [3.8, 4) is 5.75 Å². The lowest BCUT2D eigenvalue weighted by Gasteiger charge is -2.31. The van der Waals surface area contributed by atoms with Crippen LogP contribution in [0.2, 0.25) is 0 Å². The number of hydrogen-bond donors (Lipinski definition) is 3. The highest BCUT2D eigenvalue weighted by Crippen LogP contribution is 2.19. The number of para-hydroxylation sites is 1. The fourth-order valence-electron chi connectivity index (χ4n) is 2.17. The van der Waals surface area contributed by atoms with E-state index in [9.17, 15) is 4.79 Å². The minimum Gasteiger partial charge on any atom is -0.491 e. The number of carbonyl (C=O) groups excluding carboxylic acids is 1. The van der Waals surface area contributed by atoms with Crippen molar-refractivity contribution in [3.63, 3.8) is 0 Å². The quantitative estimate of drug-likeness (QED) is 0.680. The summed E-state index contributed by atoms with van der Waals surface area (Å²) in [5.74, 6) is 1.26. The summed E-state index contributed by atoms with van der Waals surface area (Å²) in [4.78, 5) is 12.1. The van der Waals surface area contributed by atoms with Crippen molar-refractivity contribution in [2.24, 2.45) is 11.8 Å². The van der Waals surface area contributed by atoms with Gasteiger partial charge in [-0.1, -0.05) is 25.1 Å². The Morgan fingerprint density at radius 3 is 2.90 bits per heavy atom. The normalized spacial score (nSPS) is 16.3. The Hall–Kier alpha value is -1.59. The Kier molecular flexibility index (Phi) is 5.38. The van der Waals surface area contributed by atoms with E-state index in [0.29, 0.717) is 18.2 Å².